The molecule has 7 atom stereocenters. The van der Waals surface area contributed by atoms with E-state index in [-0.39, 0.29) is 5.56 Å². The van der Waals surface area contributed by atoms with Crippen LogP contribution >= 0.6 is 0 Å². The molecule has 28 nitrogen and oxygen atoms in total. The van der Waals surface area contributed by atoms with Crippen molar-refractivity contribution in [2.75, 3.05) is 6.61 Å². The zero-order valence-electron chi connectivity index (χ0n) is 38.2. The predicted molar refractivity (Wildman–Crippen MR) is 245 cm³/mol. The molecular weight excluding hydrogens is 1040 g/mol. The van der Waals surface area contributed by atoms with Crippen molar-refractivity contribution >= 4 is 23.9 Å². The summed E-state index contributed by atoms with van der Waals surface area (Å²) in [5.41, 5.74) is -10.9. The van der Waals surface area contributed by atoms with E-state index in [2.05, 4.69) is 0 Å². The first-order valence-electron chi connectivity index (χ1n) is 22.0. The molecule has 0 aromatic heterocycles. The standard InChI is InChI=1S/C49H38O28/c50-17-2-1-11(3-18(17)51)42-24(57)4-12-26(74-42)9-19(52)31(32(12)59)41(68)44-45(77-49(72)16-8-23(56)36(63)40(67)30(16)29-15(48(71)76-44)7-22(55)35(62)39(29)66)43-25(58)10-73-46(69)13-5-20(53)33(60)37(64)27(13)28-14(47(70)75-43)6-21(54)34(61)38(28)65/h1-3,5-9,24-25,41-45,50-68H,4,10H2/t24-,25-,41+,42-,43-,44+,45+/m1/s1. The van der Waals surface area contributed by atoms with Gasteiger partial charge in [0.1, 0.15) is 42.2 Å². The van der Waals surface area contributed by atoms with E-state index in [4.69, 9.17) is 23.7 Å². The van der Waals surface area contributed by atoms with Crippen LogP contribution in [0.2, 0.25) is 0 Å². The number of benzene rings is 6. The fourth-order valence-corrected chi connectivity index (χ4v) is 9.11. The van der Waals surface area contributed by atoms with E-state index in [0.717, 1.165) is 18.2 Å². The lowest BCUT2D eigenvalue weighted by Crippen LogP contribution is -2.54. The Morgan fingerprint density at radius 2 is 0.844 bits per heavy atom. The summed E-state index contributed by atoms with van der Waals surface area (Å²) < 4.78 is 28.0. The van der Waals surface area contributed by atoms with Gasteiger partial charge in [-0.15, -0.1) is 0 Å². The second-order valence-electron chi connectivity index (χ2n) is 17.5. The Hall–Kier alpha value is -10.3. The number of carbonyl (C=O) groups is 4. The minimum atomic E-state index is -2.96. The number of rotatable bonds is 4. The number of aliphatic hydroxyl groups is 3. The van der Waals surface area contributed by atoms with Gasteiger partial charge in [-0.2, -0.15) is 0 Å². The normalized spacial score (nSPS) is 20.7. The van der Waals surface area contributed by atoms with Crippen LogP contribution < -0.4 is 4.74 Å². The highest BCUT2D eigenvalue weighted by atomic mass is 16.6. The van der Waals surface area contributed by atoms with E-state index >= 15 is 0 Å². The van der Waals surface area contributed by atoms with Crippen molar-refractivity contribution in [3.63, 3.8) is 0 Å². The highest BCUT2D eigenvalue weighted by Crippen LogP contribution is 2.56. The van der Waals surface area contributed by atoms with Gasteiger partial charge < -0.3 is 121 Å². The van der Waals surface area contributed by atoms with Crippen LogP contribution in [0.25, 0.3) is 22.3 Å². The number of aliphatic hydroxyl groups excluding tert-OH is 3. The minimum absolute atomic E-state index is 0.0609. The van der Waals surface area contributed by atoms with E-state index < -0.39 is 233 Å². The van der Waals surface area contributed by atoms with Gasteiger partial charge in [-0.3, -0.25) is 0 Å². The van der Waals surface area contributed by atoms with Gasteiger partial charge in [-0.1, -0.05) is 6.07 Å². The molecule has 3 aliphatic rings. The van der Waals surface area contributed by atoms with Gasteiger partial charge in [0.05, 0.1) is 33.9 Å². The largest absolute Gasteiger partial charge is 0.507 e. The van der Waals surface area contributed by atoms with Crippen LogP contribution in [0.15, 0.2) is 48.5 Å². The summed E-state index contributed by atoms with van der Waals surface area (Å²) in [4.78, 5) is 58.0. The van der Waals surface area contributed by atoms with E-state index in [0.29, 0.717) is 24.3 Å². The molecule has 0 aliphatic carbocycles. The first kappa shape index (κ1) is 51.6. The third-order valence-corrected chi connectivity index (χ3v) is 12.9. The number of ether oxygens (including phenoxy) is 5. The van der Waals surface area contributed by atoms with Crippen LogP contribution in [-0.2, 0) is 25.4 Å². The number of hydrogen-bond donors (Lipinski definition) is 19. The summed E-state index contributed by atoms with van der Waals surface area (Å²) in [5, 5.41) is 209. The van der Waals surface area contributed by atoms with Crippen molar-refractivity contribution in [2.45, 2.75) is 49.1 Å². The summed E-state index contributed by atoms with van der Waals surface area (Å²) in [6, 6.07) is 5.51. The highest BCUT2D eigenvalue weighted by Gasteiger charge is 2.51. The quantitative estimate of drug-likeness (QED) is 0.0681. The molecule has 0 bridgehead atoms. The van der Waals surface area contributed by atoms with Gasteiger partial charge in [0.2, 0.25) is 23.0 Å². The maximum Gasteiger partial charge on any atom is 0.339 e. The van der Waals surface area contributed by atoms with Crippen LogP contribution in [0.1, 0.15) is 70.3 Å². The summed E-state index contributed by atoms with van der Waals surface area (Å²) >= 11 is 0. The van der Waals surface area contributed by atoms with Gasteiger partial charge in [0.15, 0.2) is 75.8 Å². The fraction of sp³-hybridized carbons (Fsp3) is 0.184. The Morgan fingerprint density at radius 3 is 1.30 bits per heavy atom. The lowest BCUT2D eigenvalue weighted by atomic mass is 9.88. The van der Waals surface area contributed by atoms with Gasteiger partial charge >= 0.3 is 23.9 Å². The first-order valence-corrected chi connectivity index (χ1v) is 22.0. The van der Waals surface area contributed by atoms with E-state index in [9.17, 15) is 116 Å². The molecule has 402 valence electrons. The summed E-state index contributed by atoms with van der Waals surface area (Å²) in [5.74, 6) is -28.7. The van der Waals surface area contributed by atoms with E-state index in [1.165, 1.54) is 6.07 Å². The molecule has 0 spiro atoms. The van der Waals surface area contributed by atoms with E-state index in [1.807, 2.05) is 0 Å². The number of hydrogen-bond acceptors (Lipinski definition) is 28. The second kappa shape index (κ2) is 18.6. The van der Waals surface area contributed by atoms with Gasteiger partial charge in [-0.05, 0) is 42.0 Å². The molecule has 0 fully saturated rings. The number of aromatic hydroxyl groups is 16. The molecule has 6 aromatic rings. The third kappa shape index (κ3) is 8.25. The van der Waals surface area contributed by atoms with Crippen molar-refractivity contribution in [3.05, 3.63) is 87.5 Å². The topological polar surface area (TPSA) is 499 Å². The number of phenols is 16. The average Bonchev–Trinajstić information content (AvgIpc) is 3.42. The molecule has 0 unspecified atom stereocenters. The first-order chi connectivity index (χ1) is 36.2. The molecule has 28 heteroatoms. The molecule has 0 saturated heterocycles. The molecule has 0 saturated carbocycles. The summed E-state index contributed by atoms with van der Waals surface area (Å²) in [7, 11) is 0. The van der Waals surface area contributed by atoms with Crippen molar-refractivity contribution in [1.82, 2.24) is 0 Å². The minimum Gasteiger partial charge on any atom is -0.507 e. The molecule has 9 rings (SSSR count). The molecule has 0 amide bonds. The Labute approximate surface area is 426 Å². The maximum absolute atomic E-state index is 14.8. The Kier molecular flexibility index (Phi) is 12.4. The Balaban J connectivity index is 1.27. The van der Waals surface area contributed by atoms with Crippen LogP contribution in [-0.4, -0.2) is 158 Å². The Morgan fingerprint density at radius 1 is 0.416 bits per heavy atom. The van der Waals surface area contributed by atoms with Crippen LogP contribution in [0.5, 0.6) is 97.7 Å². The molecule has 77 heavy (non-hydrogen) atoms. The maximum atomic E-state index is 14.8. The van der Waals surface area contributed by atoms with Crippen LogP contribution in [0.3, 0.4) is 0 Å². The monoisotopic (exact) mass is 1070 g/mol. The van der Waals surface area contributed by atoms with Crippen molar-refractivity contribution < 1.29 is 140 Å². The third-order valence-electron chi connectivity index (χ3n) is 12.9. The number of fused-ring (bicyclic) bond motifs is 7. The molecule has 6 aromatic carbocycles. The summed E-state index contributed by atoms with van der Waals surface area (Å²) in [6.07, 6.45) is -18.1. The predicted octanol–water partition coefficient (Wildman–Crippen LogP) is 1.90. The number of esters is 4. The molecule has 3 heterocycles. The number of phenolic OH excluding ortho intramolecular Hbond substituents is 16. The average molecular weight is 1070 g/mol. The SMILES string of the molecule is O=C1OC[C@@H](O)[C@H]([C@@H]2OC(=O)c3cc(O)c(O)c(O)c3-c3c(cc(O)c(O)c3O)C(=O)O[C@H]2[C@@H](O)c2c(O)cc3c(c2O)C[C@@H](O)[C@@H](c2ccc(O)c(O)c2)O3)OC(=O)c2cc(O)c(O)c(O)c2-c2c1cc(O)c(O)c2O. The lowest BCUT2D eigenvalue weighted by molar-refractivity contribution is -0.150. The molecule has 3 aliphatic heterocycles. The number of cyclic esters (lactones) is 4. The van der Waals surface area contributed by atoms with Crippen molar-refractivity contribution in [3.8, 4) is 120 Å². The zero-order chi connectivity index (χ0) is 56.1. The van der Waals surface area contributed by atoms with Crippen molar-refractivity contribution in [1.29, 1.82) is 0 Å². The lowest BCUT2D eigenvalue weighted by Gasteiger charge is -2.38. The smallest absolute Gasteiger partial charge is 0.339 e. The molecular formula is C49H38O28. The zero-order valence-corrected chi connectivity index (χ0v) is 38.2. The van der Waals surface area contributed by atoms with E-state index in [1.54, 1.807) is 0 Å². The summed E-state index contributed by atoms with van der Waals surface area (Å²) in [6.45, 7) is -1.50. The van der Waals surface area contributed by atoms with Gasteiger partial charge in [-0.25, -0.2) is 19.2 Å². The Bertz CT molecular complexity index is 3550. The highest BCUT2D eigenvalue weighted by molar-refractivity contribution is 6.10. The van der Waals surface area contributed by atoms with Gasteiger partial charge in [0.25, 0.3) is 0 Å². The second-order valence-corrected chi connectivity index (χ2v) is 17.5. The molecule has 0 radical (unpaired) electrons. The van der Waals surface area contributed by atoms with Gasteiger partial charge in [0, 0.05) is 40.3 Å². The fourth-order valence-electron chi connectivity index (χ4n) is 9.11. The number of carbonyl (C=O) groups excluding carboxylic acids is 4. The van der Waals surface area contributed by atoms with Crippen LogP contribution in [0.4, 0.5) is 0 Å². The van der Waals surface area contributed by atoms with Crippen LogP contribution in [0, 0.1) is 0 Å². The van der Waals surface area contributed by atoms with Crippen molar-refractivity contribution in [2.24, 2.45) is 0 Å². The molecule has 19 N–H and O–H groups in total.